The van der Waals surface area contributed by atoms with Crippen molar-refractivity contribution in [1.29, 1.82) is 5.26 Å². The fourth-order valence-electron chi connectivity index (χ4n) is 2.54. The first kappa shape index (κ1) is 13.8. The Kier molecular flexibility index (Phi) is 3.58. The highest BCUT2D eigenvalue weighted by molar-refractivity contribution is 6.05. The van der Waals surface area contributed by atoms with Crippen molar-refractivity contribution in [2.24, 2.45) is 0 Å². The molecule has 0 unspecified atom stereocenters. The van der Waals surface area contributed by atoms with Gasteiger partial charge in [0.25, 0.3) is 0 Å². The van der Waals surface area contributed by atoms with Crippen molar-refractivity contribution in [3.63, 3.8) is 0 Å². The molecule has 5 nitrogen and oxygen atoms in total. The number of fused-ring (bicyclic) bond motifs is 1. The van der Waals surface area contributed by atoms with Crippen LogP contribution in [0.15, 0.2) is 48.5 Å². The molecule has 22 heavy (non-hydrogen) atoms. The molecule has 1 aliphatic rings. The van der Waals surface area contributed by atoms with E-state index in [9.17, 15) is 9.59 Å². The van der Waals surface area contributed by atoms with Crippen molar-refractivity contribution in [3.8, 4) is 6.07 Å². The monoisotopic (exact) mass is 291 g/mol. The molecule has 1 atom stereocenters. The maximum absolute atomic E-state index is 12.5. The molecule has 0 saturated carbocycles. The number of hydrogen-bond donors (Lipinski definition) is 2. The van der Waals surface area contributed by atoms with Crippen molar-refractivity contribution < 1.29 is 9.59 Å². The molecule has 0 aliphatic carbocycles. The third-order valence-corrected chi connectivity index (χ3v) is 3.58. The molecular formula is C17H13N3O2. The number of nitriles is 1. The second-order valence-corrected chi connectivity index (χ2v) is 5.07. The number of carbonyl (C=O) groups excluding carboxylic acids is 2. The number of nitrogens with zero attached hydrogens (tertiary/aromatic N) is 1. The summed E-state index contributed by atoms with van der Waals surface area (Å²) in [7, 11) is 0. The van der Waals surface area contributed by atoms with Gasteiger partial charge < -0.3 is 10.6 Å². The zero-order valence-electron chi connectivity index (χ0n) is 11.7. The zero-order valence-corrected chi connectivity index (χ0v) is 11.7. The van der Waals surface area contributed by atoms with Crippen LogP contribution in [0.1, 0.15) is 23.5 Å². The molecule has 0 spiro atoms. The summed E-state index contributed by atoms with van der Waals surface area (Å²) in [5, 5.41) is 14.4. The molecule has 2 amide bonds. The van der Waals surface area contributed by atoms with E-state index < -0.39 is 5.92 Å². The second kappa shape index (κ2) is 5.70. The molecule has 2 aromatic rings. The largest absolute Gasteiger partial charge is 0.326 e. The van der Waals surface area contributed by atoms with Gasteiger partial charge in [0.2, 0.25) is 11.8 Å². The highest BCUT2D eigenvalue weighted by Crippen LogP contribution is 2.32. The molecule has 1 aliphatic heterocycles. The number of amides is 2. The van der Waals surface area contributed by atoms with Crippen LogP contribution in [0.3, 0.4) is 0 Å². The predicted molar refractivity (Wildman–Crippen MR) is 82.2 cm³/mol. The molecule has 2 aromatic carbocycles. The standard InChI is InChI=1S/C17H13N3O2/c18-10-11-4-3-5-12(8-11)19-17(22)14-9-16(21)20-15-7-2-1-6-13(14)15/h1-8,14H,9H2,(H,19,22)(H,20,21)/t14-/m0/s1. The summed E-state index contributed by atoms with van der Waals surface area (Å²) in [6, 6.07) is 16.0. The Bertz CT molecular complexity index is 792. The van der Waals surface area contributed by atoms with Gasteiger partial charge in [-0.15, -0.1) is 0 Å². The number of hydrogen-bond acceptors (Lipinski definition) is 3. The Labute approximate surface area is 127 Å². The smallest absolute Gasteiger partial charge is 0.232 e. The quantitative estimate of drug-likeness (QED) is 0.892. The molecule has 0 fully saturated rings. The summed E-state index contributed by atoms with van der Waals surface area (Å²) < 4.78 is 0. The second-order valence-electron chi connectivity index (χ2n) is 5.07. The van der Waals surface area contributed by atoms with Gasteiger partial charge in [-0.25, -0.2) is 0 Å². The molecule has 0 bridgehead atoms. The average Bonchev–Trinajstić information content (AvgIpc) is 2.54. The lowest BCUT2D eigenvalue weighted by molar-refractivity contribution is -0.123. The van der Waals surface area contributed by atoms with Crippen LogP contribution in [0.25, 0.3) is 0 Å². The summed E-state index contributed by atoms with van der Waals surface area (Å²) >= 11 is 0. The topological polar surface area (TPSA) is 82.0 Å². The van der Waals surface area contributed by atoms with Crippen molar-refractivity contribution in [2.75, 3.05) is 10.6 Å². The van der Waals surface area contributed by atoms with Gasteiger partial charge >= 0.3 is 0 Å². The van der Waals surface area contributed by atoms with Gasteiger partial charge in [-0.1, -0.05) is 24.3 Å². The minimum atomic E-state index is -0.532. The van der Waals surface area contributed by atoms with Crippen LogP contribution in [-0.4, -0.2) is 11.8 Å². The zero-order chi connectivity index (χ0) is 15.5. The fourth-order valence-corrected chi connectivity index (χ4v) is 2.54. The number of para-hydroxylation sites is 1. The van der Waals surface area contributed by atoms with Crippen molar-refractivity contribution >= 4 is 23.2 Å². The van der Waals surface area contributed by atoms with E-state index in [2.05, 4.69) is 10.6 Å². The molecule has 108 valence electrons. The Morgan fingerprint density at radius 3 is 2.86 bits per heavy atom. The minimum Gasteiger partial charge on any atom is -0.326 e. The SMILES string of the molecule is N#Cc1cccc(NC(=O)[C@H]2CC(=O)Nc3ccccc32)c1. The fraction of sp³-hybridized carbons (Fsp3) is 0.118. The van der Waals surface area contributed by atoms with Crippen LogP contribution < -0.4 is 10.6 Å². The maximum atomic E-state index is 12.5. The van der Waals surface area contributed by atoms with E-state index in [0.717, 1.165) is 5.56 Å². The Hall–Kier alpha value is -3.13. The molecule has 2 N–H and O–H groups in total. The van der Waals surface area contributed by atoms with E-state index in [-0.39, 0.29) is 18.2 Å². The summed E-state index contributed by atoms with van der Waals surface area (Å²) in [4.78, 5) is 24.3. The number of benzene rings is 2. The van der Waals surface area contributed by atoms with Crippen LogP contribution in [-0.2, 0) is 9.59 Å². The molecule has 0 aromatic heterocycles. The average molecular weight is 291 g/mol. The third-order valence-electron chi connectivity index (χ3n) is 3.58. The van der Waals surface area contributed by atoms with Gasteiger partial charge in [-0.2, -0.15) is 5.26 Å². The van der Waals surface area contributed by atoms with Gasteiger partial charge in [0.1, 0.15) is 0 Å². The summed E-state index contributed by atoms with van der Waals surface area (Å²) in [5.74, 6) is -0.960. The highest BCUT2D eigenvalue weighted by atomic mass is 16.2. The number of rotatable bonds is 2. The van der Waals surface area contributed by atoms with Crippen molar-refractivity contribution in [1.82, 2.24) is 0 Å². The summed E-state index contributed by atoms with van der Waals surface area (Å²) in [6.07, 6.45) is 0.112. The van der Waals surface area contributed by atoms with Crippen LogP contribution in [0.4, 0.5) is 11.4 Å². The third kappa shape index (κ3) is 2.67. The Morgan fingerprint density at radius 1 is 1.23 bits per heavy atom. The van der Waals surface area contributed by atoms with Gasteiger partial charge in [0.15, 0.2) is 0 Å². The van der Waals surface area contributed by atoms with E-state index in [0.29, 0.717) is 16.9 Å². The van der Waals surface area contributed by atoms with Gasteiger partial charge in [0.05, 0.1) is 17.6 Å². The normalized spacial score (nSPS) is 16.1. The molecule has 1 heterocycles. The van der Waals surface area contributed by atoms with Crippen LogP contribution >= 0.6 is 0 Å². The van der Waals surface area contributed by atoms with Crippen LogP contribution in [0.2, 0.25) is 0 Å². The van der Waals surface area contributed by atoms with E-state index in [1.54, 1.807) is 30.3 Å². The van der Waals surface area contributed by atoms with Gasteiger partial charge in [-0.3, -0.25) is 9.59 Å². The van der Waals surface area contributed by atoms with Crippen LogP contribution in [0.5, 0.6) is 0 Å². The minimum absolute atomic E-state index is 0.112. The maximum Gasteiger partial charge on any atom is 0.232 e. The first-order chi connectivity index (χ1) is 10.7. The lowest BCUT2D eigenvalue weighted by Gasteiger charge is -2.24. The first-order valence-electron chi connectivity index (χ1n) is 6.87. The number of nitrogens with one attached hydrogen (secondary N) is 2. The van der Waals surface area contributed by atoms with E-state index in [1.165, 1.54) is 0 Å². The molecule has 0 radical (unpaired) electrons. The first-order valence-corrected chi connectivity index (χ1v) is 6.87. The summed E-state index contributed by atoms with van der Waals surface area (Å²) in [6.45, 7) is 0. The van der Waals surface area contributed by atoms with Gasteiger partial charge in [0, 0.05) is 17.8 Å². The van der Waals surface area contributed by atoms with Gasteiger partial charge in [-0.05, 0) is 29.8 Å². The Morgan fingerprint density at radius 2 is 2.05 bits per heavy atom. The highest BCUT2D eigenvalue weighted by Gasteiger charge is 2.30. The van der Waals surface area contributed by atoms with E-state index in [4.69, 9.17) is 5.26 Å². The summed E-state index contributed by atoms with van der Waals surface area (Å²) in [5.41, 5.74) is 2.49. The van der Waals surface area contributed by atoms with Crippen molar-refractivity contribution in [2.45, 2.75) is 12.3 Å². The molecular weight excluding hydrogens is 278 g/mol. The number of carbonyl (C=O) groups is 2. The predicted octanol–water partition coefficient (Wildman–Crippen LogP) is 2.62. The van der Waals surface area contributed by atoms with Crippen molar-refractivity contribution in [3.05, 3.63) is 59.7 Å². The number of anilines is 2. The van der Waals surface area contributed by atoms with E-state index >= 15 is 0 Å². The van der Waals surface area contributed by atoms with E-state index in [1.807, 2.05) is 24.3 Å². The Balaban J connectivity index is 1.86. The molecule has 3 rings (SSSR count). The molecule has 5 heteroatoms. The lowest BCUT2D eigenvalue weighted by Crippen LogP contribution is -2.30. The lowest BCUT2D eigenvalue weighted by atomic mass is 9.90. The van der Waals surface area contributed by atoms with Crippen LogP contribution in [0, 0.1) is 11.3 Å². The molecule has 0 saturated heterocycles.